The van der Waals surface area contributed by atoms with Crippen LogP contribution in [0, 0.1) is 11.3 Å². The van der Waals surface area contributed by atoms with Gasteiger partial charge in [0, 0.05) is 5.70 Å². The molecule has 176 valence electrons. The first-order valence-electron chi connectivity index (χ1n) is 10.9. The summed E-state index contributed by atoms with van der Waals surface area (Å²) in [6.45, 7) is 7.91. The van der Waals surface area contributed by atoms with Crippen LogP contribution in [0.3, 0.4) is 0 Å². The van der Waals surface area contributed by atoms with E-state index < -0.39 is 11.9 Å². The van der Waals surface area contributed by atoms with Gasteiger partial charge in [0.05, 0.1) is 35.3 Å². The number of rotatable bonds is 10. The highest BCUT2D eigenvalue weighted by molar-refractivity contribution is 8.03. The number of allylic oxidation sites excluding steroid dienone is 2. The fourth-order valence-electron chi connectivity index (χ4n) is 3.71. The molecule has 1 aliphatic rings. The zero-order chi connectivity index (χ0) is 24.5. The number of nitrogens with one attached hydrogen (secondary N) is 1. The van der Waals surface area contributed by atoms with Gasteiger partial charge < -0.3 is 19.5 Å². The summed E-state index contributed by atoms with van der Waals surface area (Å²) in [4.78, 5) is 13.0. The highest BCUT2D eigenvalue weighted by Crippen LogP contribution is 2.43. The van der Waals surface area contributed by atoms with Gasteiger partial charge in [-0.3, -0.25) is 0 Å². The molecule has 0 saturated carbocycles. The molecule has 3 rings (SSSR count). The van der Waals surface area contributed by atoms with Crippen LogP contribution in [0.15, 0.2) is 83.1 Å². The van der Waals surface area contributed by atoms with Crippen molar-refractivity contribution in [2.24, 2.45) is 0 Å². The number of benzene rings is 2. The van der Waals surface area contributed by atoms with Crippen LogP contribution < -0.4 is 14.8 Å². The second-order valence-electron chi connectivity index (χ2n) is 7.46. The van der Waals surface area contributed by atoms with Crippen molar-refractivity contribution in [2.75, 3.05) is 19.5 Å². The van der Waals surface area contributed by atoms with Gasteiger partial charge in [-0.05, 0) is 35.9 Å². The van der Waals surface area contributed by atoms with Gasteiger partial charge in [-0.15, -0.1) is 11.8 Å². The molecule has 0 unspecified atom stereocenters. The highest BCUT2D eigenvalue weighted by Gasteiger charge is 2.35. The maximum absolute atomic E-state index is 13.0. The Morgan fingerprint density at radius 3 is 2.65 bits per heavy atom. The minimum Gasteiger partial charge on any atom is -0.493 e. The lowest BCUT2D eigenvalue weighted by Gasteiger charge is -2.29. The normalized spacial score (nSPS) is 15.3. The van der Waals surface area contributed by atoms with E-state index in [2.05, 4.69) is 18.0 Å². The minimum absolute atomic E-state index is 0.0834. The summed E-state index contributed by atoms with van der Waals surface area (Å²) in [6.07, 6.45) is 1.51. The predicted octanol–water partition coefficient (Wildman–Crippen LogP) is 5.45. The van der Waals surface area contributed by atoms with E-state index in [1.807, 2.05) is 62.4 Å². The molecule has 34 heavy (non-hydrogen) atoms. The number of ether oxygens (including phenoxy) is 3. The third kappa shape index (κ3) is 5.64. The first kappa shape index (κ1) is 25.0. The lowest BCUT2D eigenvalue weighted by atomic mass is 9.82. The molecule has 2 aromatic rings. The zero-order valence-corrected chi connectivity index (χ0v) is 20.4. The number of dihydropyridines is 1. The van der Waals surface area contributed by atoms with Gasteiger partial charge in [0.1, 0.15) is 13.2 Å². The van der Waals surface area contributed by atoms with Crippen molar-refractivity contribution >= 4 is 17.7 Å². The second kappa shape index (κ2) is 12.0. The van der Waals surface area contributed by atoms with Crippen molar-refractivity contribution < 1.29 is 19.0 Å². The maximum Gasteiger partial charge on any atom is 0.337 e. The molecule has 0 aliphatic carbocycles. The van der Waals surface area contributed by atoms with Crippen LogP contribution in [0.4, 0.5) is 0 Å². The Bertz CT molecular complexity index is 1150. The van der Waals surface area contributed by atoms with Crippen molar-refractivity contribution in [3.8, 4) is 17.6 Å². The van der Waals surface area contributed by atoms with Crippen molar-refractivity contribution in [1.29, 1.82) is 5.26 Å². The lowest BCUT2D eigenvalue weighted by molar-refractivity contribution is -0.138. The molecule has 6 nitrogen and oxygen atoms in total. The van der Waals surface area contributed by atoms with Gasteiger partial charge in [-0.1, -0.05) is 56.0 Å². The van der Waals surface area contributed by atoms with E-state index in [1.165, 1.54) is 17.8 Å². The summed E-state index contributed by atoms with van der Waals surface area (Å²) in [5, 5.41) is 14.0. The molecule has 0 fully saturated rings. The van der Waals surface area contributed by atoms with E-state index in [1.54, 1.807) is 7.11 Å². The Labute approximate surface area is 204 Å². The number of carbonyl (C=O) groups excluding carboxylic acids is 1. The standard InChI is InChI=1S/C27H28N2O4S/c1-5-14-32-27(30)24-18(3)29-26(34-6-2)21(16-28)25(24)20-12-13-22(23(15-20)31-4)33-17-19-10-8-7-9-11-19/h5,7-13,15,25,29H,1,6,14,17H2,2-4H3/t25-/m0/s1. The van der Waals surface area contributed by atoms with Gasteiger partial charge in [-0.25, -0.2) is 4.79 Å². The fourth-order valence-corrected chi connectivity index (χ4v) is 4.54. The number of methoxy groups -OCH3 is 1. The summed E-state index contributed by atoms with van der Waals surface area (Å²) >= 11 is 1.53. The molecule has 1 heterocycles. The molecule has 0 saturated heterocycles. The first-order valence-corrected chi connectivity index (χ1v) is 11.9. The Hall–Kier alpha value is -3.63. The SMILES string of the molecule is C=CCOC(=O)C1=C(C)NC(SCC)=C(C#N)[C@@H]1c1ccc(OCc2ccccc2)c(OC)c1. The van der Waals surface area contributed by atoms with E-state index in [4.69, 9.17) is 14.2 Å². The predicted molar refractivity (Wildman–Crippen MR) is 134 cm³/mol. The van der Waals surface area contributed by atoms with Gasteiger partial charge >= 0.3 is 5.97 Å². The largest absolute Gasteiger partial charge is 0.493 e. The van der Waals surface area contributed by atoms with Crippen molar-refractivity contribution in [1.82, 2.24) is 5.32 Å². The first-order chi connectivity index (χ1) is 16.5. The monoisotopic (exact) mass is 476 g/mol. The second-order valence-corrected chi connectivity index (χ2v) is 8.73. The lowest BCUT2D eigenvalue weighted by Crippen LogP contribution is -2.29. The average molecular weight is 477 g/mol. The van der Waals surface area contributed by atoms with E-state index >= 15 is 0 Å². The van der Waals surface area contributed by atoms with Crippen LogP contribution in [-0.2, 0) is 16.1 Å². The van der Waals surface area contributed by atoms with Crippen molar-refractivity contribution in [3.63, 3.8) is 0 Å². The quantitative estimate of drug-likeness (QED) is 0.361. The van der Waals surface area contributed by atoms with Crippen LogP contribution in [-0.4, -0.2) is 25.4 Å². The molecule has 1 N–H and O–H groups in total. The molecule has 1 atom stereocenters. The van der Waals surface area contributed by atoms with E-state index in [0.717, 1.165) is 21.9 Å². The Morgan fingerprint density at radius 2 is 2.00 bits per heavy atom. The number of carbonyl (C=O) groups is 1. The minimum atomic E-state index is -0.602. The Morgan fingerprint density at radius 1 is 1.24 bits per heavy atom. The molecule has 0 amide bonds. The summed E-state index contributed by atoms with van der Waals surface area (Å²) in [5.74, 6) is 0.775. The van der Waals surface area contributed by atoms with Crippen LogP contribution in [0.25, 0.3) is 0 Å². The molecule has 7 heteroatoms. The Kier molecular flexibility index (Phi) is 8.83. The Balaban J connectivity index is 2.02. The molecule has 0 spiro atoms. The van der Waals surface area contributed by atoms with Gasteiger partial charge in [0.15, 0.2) is 11.5 Å². The molecular weight excluding hydrogens is 448 g/mol. The van der Waals surface area contributed by atoms with Crippen molar-refractivity contribution in [3.05, 3.63) is 94.2 Å². The molecule has 0 aromatic heterocycles. The number of thioether (sulfide) groups is 1. The molecular formula is C27H28N2O4S. The summed E-state index contributed by atoms with van der Waals surface area (Å²) < 4.78 is 16.9. The third-order valence-corrected chi connectivity index (χ3v) is 6.15. The molecule has 0 bridgehead atoms. The number of esters is 1. The van der Waals surface area contributed by atoms with Crippen LogP contribution in [0.1, 0.15) is 30.9 Å². The van der Waals surface area contributed by atoms with Crippen molar-refractivity contribution in [2.45, 2.75) is 26.4 Å². The van der Waals surface area contributed by atoms with E-state index in [0.29, 0.717) is 34.9 Å². The van der Waals surface area contributed by atoms with Gasteiger partial charge in [0.2, 0.25) is 0 Å². The van der Waals surface area contributed by atoms with Gasteiger partial charge in [0.25, 0.3) is 0 Å². The number of nitriles is 1. The van der Waals surface area contributed by atoms with Crippen LogP contribution >= 0.6 is 11.8 Å². The average Bonchev–Trinajstić information content (AvgIpc) is 2.86. The van der Waals surface area contributed by atoms with Crippen LogP contribution in [0.5, 0.6) is 11.5 Å². The van der Waals surface area contributed by atoms with E-state index in [9.17, 15) is 10.1 Å². The topological polar surface area (TPSA) is 80.6 Å². The number of hydrogen-bond acceptors (Lipinski definition) is 7. The number of hydrogen-bond donors (Lipinski definition) is 1. The zero-order valence-electron chi connectivity index (χ0n) is 19.6. The third-order valence-electron chi connectivity index (χ3n) is 5.25. The smallest absolute Gasteiger partial charge is 0.337 e. The van der Waals surface area contributed by atoms with Crippen LogP contribution in [0.2, 0.25) is 0 Å². The highest BCUT2D eigenvalue weighted by atomic mass is 32.2. The summed E-state index contributed by atoms with van der Waals surface area (Å²) in [7, 11) is 1.57. The fraction of sp³-hybridized carbons (Fsp3) is 0.259. The molecule has 2 aromatic carbocycles. The molecule has 0 radical (unpaired) electrons. The number of nitrogens with zero attached hydrogens (tertiary/aromatic N) is 1. The van der Waals surface area contributed by atoms with Gasteiger partial charge in [-0.2, -0.15) is 5.26 Å². The molecule has 1 aliphatic heterocycles. The summed E-state index contributed by atoms with van der Waals surface area (Å²) in [6, 6.07) is 17.6. The van der Waals surface area contributed by atoms with E-state index in [-0.39, 0.29) is 6.61 Å². The summed E-state index contributed by atoms with van der Waals surface area (Å²) in [5.41, 5.74) is 3.27. The maximum atomic E-state index is 13.0.